The molecule has 0 spiro atoms. The Kier molecular flexibility index (Phi) is 4.23. The summed E-state index contributed by atoms with van der Waals surface area (Å²) in [5, 5.41) is 0. The summed E-state index contributed by atoms with van der Waals surface area (Å²) in [6.45, 7) is 7.30. The molecule has 3 heteroatoms. The second-order valence-electron chi connectivity index (χ2n) is 5.56. The van der Waals surface area contributed by atoms with Crippen molar-refractivity contribution in [3.8, 4) is 0 Å². The topological polar surface area (TPSA) is 20.3 Å². The third kappa shape index (κ3) is 3.34. The minimum absolute atomic E-state index is 0.0641. The van der Waals surface area contributed by atoms with E-state index in [1.165, 1.54) is 25.8 Å². The van der Waals surface area contributed by atoms with Crippen LogP contribution in [-0.2, 0) is 0 Å². The van der Waals surface area contributed by atoms with Crippen molar-refractivity contribution in [2.75, 3.05) is 18.0 Å². The molecule has 0 heterocycles. The van der Waals surface area contributed by atoms with Gasteiger partial charge in [-0.3, -0.25) is 4.79 Å². The average Bonchev–Trinajstić information content (AvgIpc) is 3.15. The third-order valence-corrected chi connectivity index (χ3v) is 3.67. The molecule has 19 heavy (non-hydrogen) atoms. The maximum absolute atomic E-state index is 13.7. The van der Waals surface area contributed by atoms with Gasteiger partial charge in [-0.25, -0.2) is 4.39 Å². The van der Waals surface area contributed by atoms with Crippen LogP contribution >= 0.6 is 0 Å². The van der Waals surface area contributed by atoms with E-state index in [2.05, 4.69) is 11.8 Å². The molecule has 1 aliphatic rings. The van der Waals surface area contributed by atoms with Crippen molar-refractivity contribution in [2.45, 2.75) is 40.0 Å². The Labute approximate surface area is 114 Å². The van der Waals surface area contributed by atoms with E-state index in [-0.39, 0.29) is 11.6 Å². The Hall–Kier alpha value is -1.38. The number of hydrogen-bond donors (Lipinski definition) is 0. The van der Waals surface area contributed by atoms with Crippen LogP contribution in [0.1, 0.15) is 49.0 Å². The number of halogens is 1. The molecule has 0 aromatic heterocycles. The molecule has 1 aliphatic carbocycles. The van der Waals surface area contributed by atoms with Gasteiger partial charge in [0.05, 0.1) is 0 Å². The number of hydrogen-bond acceptors (Lipinski definition) is 2. The fourth-order valence-electron chi connectivity index (χ4n) is 2.40. The van der Waals surface area contributed by atoms with Crippen molar-refractivity contribution < 1.29 is 9.18 Å². The molecule has 0 atom stereocenters. The summed E-state index contributed by atoms with van der Waals surface area (Å²) < 4.78 is 13.7. The molecular weight excluding hydrogens is 241 g/mol. The first-order chi connectivity index (χ1) is 9.02. The number of ketones is 1. The van der Waals surface area contributed by atoms with E-state index in [1.54, 1.807) is 6.92 Å². The normalized spacial score (nSPS) is 14.5. The van der Waals surface area contributed by atoms with E-state index in [0.717, 1.165) is 31.1 Å². The SMILES string of the molecule is CCCN(CC1CC1)c1cc(C)c(F)cc1C(C)=O. The molecule has 1 aromatic rings. The monoisotopic (exact) mass is 263 g/mol. The number of nitrogens with zero attached hydrogens (tertiary/aromatic N) is 1. The average molecular weight is 263 g/mol. The van der Waals surface area contributed by atoms with Gasteiger partial charge in [0.1, 0.15) is 5.82 Å². The van der Waals surface area contributed by atoms with Crippen LogP contribution in [0.15, 0.2) is 12.1 Å². The molecule has 1 aromatic carbocycles. The van der Waals surface area contributed by atoms with Gasteiger partial charge in [0.2, 0.25) is 0 Å². The lowest BCUT2D eigenvalue weighted by Crippen LogP contribution is -2.28. The van der Waals surface area contributed by atoms with E-state index in [4.69, 9.17) is 0 Å². The molecule has 2 rings (SSSR count). The Morgan fingerprint density at radius 2 is 2.11 bits per heavy atom. The molecule has 0 unspecified atom stereocenters. The van der Waals surface area contributed by atoms with Crippen molar-refractivity contribution in [2.24, 2.45) is 5.92 Å². The van der Waals surface area contributed by atoms with Crippen molar-refractivity contribution >= 4 is 11.5 Å². The van der Waals surface area contributed by atoms with E-state index in [0.29, 0.717) is 11.1 Å². The van der Waals surface area contributed by atoms with Crippen molar-refractivity contribution in [1.82, 2.24) is 0 Å². The molecule has 0 amide bonds. The van der Waals surface area contributed by atoms with Crippen LogP contribution in [0.2, 0.25) is 0 Å². The van der Waals surface area contributed by atoms with Crippen LogP contribution < -0.4 is 4.90 Å². The number of carbonyl (C=O) groups excluding carboxylic acids is 1. The van der Waals surface area contributed by atoms with Gasteiger partial charge in [-0.2, -0.15) is 0 Å². The second kappa shape index (κ2) is 5.72. The molecule has 0 aliphatic heterocycles. The van der Waals surface area contributed by atoms with Crippen LogP contribution in [0.4, 0.5) is 10.1 Å². The first-order valence-corrected chi connectivity index (χ1v) is 7.09. The van der Waals surface area contributed by atoms with Crippen molar-refractivity contribution in [3.63, 3.8) is 0 Å². The summed E-state index contributed by atoms with van der Waals surface area (Å²) in [5.74, 6) is 0.388. The lowest BCUT2D eigenvalue weighted by atomic mass is 10.0. The van der Waals surface area contributed by atoms with E-state index in [9.17, 15) is 9.18 Å². The Morgan fingerprint density at radius 3 is 2.63 bits per heavy atom. The molecule has 0 N–H and O–H groups in total. The van der Waals surface area contributed by atoms with Gasteiger partial charge in [0.15, 0.2) is 5.78 Å². The summed E-state index contributed by atoms with van der Waals surface area (Å²) in [6, 6.07) is 3.21. The van der Waals surface area contributed by atoms with Gasteiger partial charge in [-0.05, 0) is 56.7 Å². The highest BCUT2D eigenvalue weighted by Crippen LogP contribution is 2.33. The van der Waals surface area contributed by atoms with Gasteiger partial charge in [-0.1, -0.05) is 6.92 Å². The zero-order valence-corrected chi connectivity index (χ0v) is 12.0. The van der Waals surface area contributed by atoms with Crippen LogP contribution in [0, 0.1) is 18.7 Å². The second-order valence-corrected chi connectivity index (χ2v) is 5.56. The fourth-order valence-corrected chi connectivity index (χ4v) is 2.40. The van der Waals surface area contributed by atoms with Crippen molar-refractivity contribution in [1.29, 1.82) is 0 Å². The minimum Gasteiger partial charge on any atom is -0.371 e. The predicted octanol–water partition coefficient (Wildman–Crippen LogP) is 3.96. The standard InChI is InChI=1S/C16H22FNO/c1-4-7-18(10-13-5-6-13)16-8-11(2)15(17)9-14(16)12(3)19/h8-9,13H,4-7,10H2,1-3H3. The first-order valence-electron chi connectivity index (χ1n) is 7.09. The highest BCUT2D eigenvalue weighted by Gasteiger charge is 2.26. The Balaban J connectivity index is 2.37. The largest absolute Gasteiger partial charge is 0.371 e. The molecular formula is C16H22FNO. The summed E-state index contributed by atoms with van der Waals surface area (Å²) in [7, 11) is 0. The maximum atomic E-state index is 13.7. The first kappa shape index (κ1) is 14.0. The van der Waals surface area contributed by atoms with E-state index in [1.807, 2.05) is 6.07 Å². The summed E-state index contributed by atoms with van der Waals surface area (Å²) in [6.07, 6.45) is 3.58. The summed E-state index contributed by atoms with van der Waals surface area (Å²) in [4.78, 5) is 14.0. The van der Waals surface area contributed by atoms with Crippen LogP contribution in [0.5, 0.6) is 0 Å². The lowest BCUT2D eigenvalue weighted by molar-refractivity contribution is 0.101. The number of benzene rings is 1. The van der Waals surface area contributed by atoms with Crippen LogP contribution in [0.3, 0.4) is 0 Å². The molecule has 1 fully saturated rings. The number of Topliss-reactive ketones (excluding diaryl/α,β-unsaturated/α-hetero) is 1. The predicted molar refractivity (Wildman–Crippen MR) is 76.4 cm³/mol. The van der Waals surface area contributed by atoms with Gasteiger partial charge in [-0.15, -0.1) is 0 Å². The smallest absolute Gasteiger partial charge is 0.161 e. The number of carbonyl (C=O) groups is 1. The molecule has 0 saturated heterocycles. The third-order valence-electron chi connectivity index (χ3n) is 3.67. The highest BCUT2D eigenvalue weighted by molar-refractivity contribution is 6.00. The quantitative estimate of drug-likeness (QED) is 0.724. The molecule has 104 valence electrons. The molecule has 0 radical (unpaired) electrons. The molecule has 2 nitrogen and oxygen atoms in total. The van der Waals surface area contributed by atoms with Crippen LogP contribution in [0.25, 0.3) is 0 Å². The Morgan fingerprint density at radius 1 is 1.42 bits per heavy atom. The number of anilines is 1. The lowest BCUT2D eigenvalue weighted by Gasteiger charge is -2.27. The van der Waals surface area contributed by atoms with E-state index < -0.39 is 0 Å². The zero-order valence-electron chi connectivity index (χ0n) is 12.0. The molecule has 1 saturated carbocycles. The van der Waals surface area contributed by atoms with Crippen molar-refractivity contribution in [3.05, 3.63) is 29.1 Å². The zero-order chi connectivity index (χ0) is 14.0. The van der Waals surface area contributed by atoms with Gasteiger partial charge in [0, 0.05) is 24.3 Å². The maximum Gasteiger partial charge on any atom is 0.161 e. The van der Waals surface area contributed by atoms with Gasteiger partial charge >= 0.3 is 0 Å². The minimum atomic E-state index is -0.295. The van der Waals surface area contributed by atoms with Gasteiger partial charge < -0.3 is 4.90 Å². The van der Waals surface area contributed by atoms with Crippen LogP contribution in [-0.4, -0.2) is 18.9 Å². The fraction of sp³-hybridized carbons (Fsp3) is 0.562. The summed E-state index contributed by atoms with van der Waals surface area (Å²) >= 11 is 0. The number of aryl methyl sites for hydroxylation is 1. The summed E-state index contributed by atoms with van der Waals surface area (Å²) in [5.41, 5.74) is 2.02. The molecule has 0 bridgehead atoms. The number of rotatable bonds is 6. The van der Waals surface area contributed by atoms with Gasteiger partial charge in [0.25, 0.3) is 0 Å². The highest BCUT2D eigenvalue weighted by atomic mass is 19.1. The van der Waals surface area contributed by atoms with E-state index >= 15 is 0 Å². The Bertz CT molecular complexity index is 480.